The predicted octanol–water partition coefficient (Wildman–Crippen LogP) is 3.07. The predicted molar refractivity (Wildman–Crippen MR) is 85.9 cm³/mol. The molecule has 2 aromatic carbocycles. The molecule has 0 aliphatic heterocycles. The van der Waals surface area contributed by atoms with Crippen LogP contribution in [0.25, 0.3) is 0 Å². The van der Waals surface area contributed by atoms with Crippen LogP contribution in [-0.4, -0.2) is 18.2 Å². The molecular weight excluding hydrogens is 280 g/mol. The van der Waals surface area contributed by atoms with Crippen molar-refractivity contribution in [1.29, 1.82) is 0 Å². The zero-order valence-corrected chi connectivity index (χ0v) is 12.7. The molecular formula is C17H20N2O3. The van der Waals surface area contributed by atoms with Crippen molar-refractivity contribution >= 4 is 11.7 Å². The number of hydrogen-bond donors (Lipinski definition) is 3. The number of ether oxygens (including phenoxy) is 1. The number of carbonyl (C=O) groups is 1. The van der Waals surface area contributed by atoms with E-state index in [0.29, 0.717) is 12.2 Å². The van der Waals surface area contributed by atoms with Crippen molar-refractivity contribution in [3.8, 4) is 5.75 Å². The van der Waals surface area contributed by atoms with E-state index in [9.17, 15) is 9.90 Å². The van der Waals surface area contributed by atoms with Crippen LogP contribution in [0, 0.1) is 0 Å². The van der Waals surface area contributed by atoms with E-state index in [1.54, 1.807) is 38.3 Å². The first kappa shape index (κ1) is 15.9. The molecule has 1 atom stereocenters. The molecule has 0 radical (unpaired) electrons. The lowest BCUT2D eigenvalue weighted by molar-refractivity contribution is 0.199. The van der Waals surface area contributed by atoms with Gasteiger partial charge in [-0.1, -0.05) is 24.3 Å². The van der Waals surface area contributed by atoms with E-state index in [4.69, 9.17) is 4.74 Å². The molecule has 5 heteroatoms. The molecule has 0 aromatic heterocycles. The molecule has 22 heavy (non-hydrogen) atoms. The molecule has 0 aliphatic carbocycles. The highest BCUT2D eigenvalue weighted by atomic mass is 16.5. The average Bonchev–Trinajstić information content (AvgIpc) is 2.54. The maximum absolute atomic E-state index is 11.8. The van der Waals surface area contributed by atoms with Crippen molar-refractivity contribution < 1.29 is 14.6 Å². The summed E-state index contributed by atoms with van der Waals surface area (Å²) < 4.78 is 5.06. The van der Waals surface area contributed by atoms with E-state index < -0.39 is 6.10 Å². The molecule has 0 aliphatic rings. The molecule has 2 rings (SSSR count). The average molecular weight is 300 g/mol. The molecule has 0 saturated heterocycles. The zero-order chi connectivity index (χ0) is 15.9. The van der Waals surface area contributed by atoms with Crippen molar-refractivity contribution in [3.05, 3.63) is 59.7 Å². The number of nitrogens with one attached hydrogen (secondary N) is 2. The Kier molecular flexibility index (Phi) is 5.38. The number of aliphatic hydroxyl groups is 1. The monoisotopic (exact) mass is 300 g/mol. The van der Waals surface area contributed by atoms with Gasteiger partial charge in [-0.2, -0.15) is 0 Å². The van der Waals surface area contributed by atoms with Crippen LogP contribution in [0.1, 0.15) is 24.2 Å². The smallest absolute Gasteiger partial charge is 0.319 e. The Balaban J connectivity index is 1.84. The van der Waals surface area contributed by atoms with Crippen LogP contribution in [0.15, 0.2) is 48.5 Å². The summed E-state index contributed by atoms with van der Waals surface area (Å²) in [4.78, 5) is 11.8. The third kappa shape index (κ3) is 4.49. The standard InChI is InChI=1S/C17H20N2O3/c1-12(20)14-5-3-13(4-6-14)11-18-17(21)19-15-7-9-16(22-2)10-8-15/h3-10,12,20H,11H2,1-2H3,(H2,18,19,21)/t12-/m1/s1. The van der Waals surface area contributed by atoms with Crippen molar-refractivity contribution in [2.75, 3.05) is 12.4 Å². The lowest BCUT2D eigenvalue weighted by atomic mass is 10.1. The minimum atomic E-state index is -0.486. The number of urea groups is 1. The van der Waals surface area contributed by atoms with Gasteiger partial charge in [-0.25, -0.2) is 4.79 Å². The van der Waals surface area contributed by atoms with Crippen LogP contribution in [0.3, 0.4) is 0 Å². The summed E-state index contributed by atoms with van der Waals surface area (Å²) in [7, 11) is 1.60. The lowest BCUT2D eigenvalue weighted by Gasteiger charge is -2.09. The van der Waals surface area contributed by atoms with E-state index in [1.165, 1.54) is 0 Å². The fourth-order valence-electron chi connectivity index (χ4n) is 1.95. The number of methoxy groups -OCH3 is 1. The summed E-state index contributed by atoms with van der Waals surface area (Å²) in [6.45, 7) is 2.14. The summed E-state index contributed by atoms with van der Waals surface area (Å²) in [6, 6.07) is 14.3. The third-order valence-corrected chi connectivity index (χ3v) is 3.26. The highest BCUT2D eigenvalue weighted by Gasteiger charge is 2.03. The molecule has 0 heterocycles. The first-order valence-electron chi connectivity index (χ1n) is 7.04. The highest BCUT2D eigenvalue weighted by molar-refractivity contribution is 5.89. The first-order valence-corrected chi connectivity index (χ1v) is 7.04. The van der Waals surface area contributed by atoms with Gasteiger partial charge >= 0.3 is 6.03 Å². The first-order chi connectivity index (χ1) is 10.6. The summed E-state index contributed by atoms with van der Waals surface area (Å²) in [6.07, 6.45) is -0.486. The molecule has 0 unspecified atom stereocenters. The Bertz CT molecular complexity index is 607. The van der Waals surface area contributed by atoms with Gasteiger partial charge in [-0.15, -0.1) is 0 Å². The van der Waals surface area contributed by atoms with Gasteiger partial charge in [0, 0.05) is 12.2 Å². The topological polar surface area (TPSA) is 70.6 Å². The zero-order valence-electron chi connectivity index (χ0n) is 12.7. The van der Waals surface area contributed by atoms with Gasteiger partial charge in [0.25, 0.3) is 0 Å². The van der Waals surface area contributed by atoms with Crippen LogP contribution >= 0.6 is 0 Å². The number of amides is 2. The fraction of sp³-hybridized carbons (Fsp3) is 0.235. The van der Waals surface area contributed by atoms with Crippen LogP contribution in [0.5, 0.6) is 5.75 Å². The van der Waals surface area contributed by atoms with Gasteiger partial charge in [-0.3, -0.25) is 0 Å². The van der Waals surface area contributed by atoms with Gasteiger partial charge < -0.3 is 20.5 Å². The van der Waals surface area contributed by atoms with E-state index in [1.807, 2.05) is 24.3 Å². The van der Waals surface area contributed by atoms with E-state index >= 15 is 0 Å². The number of aliphatic hydroxyl groups excluding tert-OH is 1. The largest absolute Gasteiger partial charge is 0.497 e. The summed E-state index contributed by atoms with van der Waals surface area (Å²) in [5, 5.41) is 15.0. The second-order valence-corrected chi connectivity index (χ2v) is 4.95. The van der Waals surface area contributed by atoms with Crippen molar-refractivity contribution in [2.45, 2.75) is 19.6 Å². The molecule has 0 spiro atoms. The normalized spacial score (nSPS) is 11.6. The molecule has 5 nitrogen and oxygen atoms in total. The van der Waals surface area contributed by atoms with Crippen molar-refractivity contribution in [3.63, 3.8) is 0 Å². The van der Waals surface area contributed by atoms with Gasteiger partial charge in [0.1, 0.15) is 5.75 Å². The second kappa shape index (κ2) is 7.47. The number of rotatable bonds is 5. The Morgan fingerprint density at radius 2 is 1.77 bits per heavy atom. The number of carbonyl (C=O) groups excluding carboxylic acids is 1. The molecule has 2 amide bonds. The maximum atomic E-state index is 11.8. The Hall–Kier alpha value is -2.53. The number of hydrogen-bond acceptors (Lipinski definition) is 3. The quantitative estimate of drug-likeness (QED) is 0.794. The minimum absolute atomic E-state index is 0.273. The van der Waals surface area contributed by atoms with Crippen molar-refractivity contribution in [2.24, 2.45) is 0 Å². The molecule has 0 saturated carbocycles. The van der Waals surface area contributed by atoms with Gasteiger partial charge in [-0.05, 0) is 42.3 Å². The van der Waals surface area contributed by atoms with E-state index in [2.05, 4.69) is 10.6 Å². The van der Waals surface area contributed by atoms with Crippen LogP contribution < -0.4 is 15.4 Å². The van der Waals surface area contributed by atoms with Gasteiger partial charge in [0.15, 0.2) is 0 Å². The Morgan fingerprint density at radius 1 is 1.14 bits per heavy atom. The molecule has 3 N–H and O–H groups in total. The fourth-order valence-corrected chi connectivity index (χ4v) is 1.95. The highest BCUT2D eigenvalue weighted by Crippen LogP contribution is 2.15. The van der Waals surface area contributed by atoms with E-state index in [0.717, 1.165) is 16.9 Å². The van der Waals surface area contributed by atoms with E-state index in [-0.39, 0.29) is 6.03 Å². The number of benzene rings is 2. The second-order valence-electron chi connectivity index (χ2n) is 4.95. The van der Waals surface area contributed by atoms with Crippen LogP contribution in [-0.2, 0) is 6.54 Å². The molecule has 2 aromatic rings. The SMILES string of the molecule is COc1ccc(NC(=O)NCc2ccc([C@@H](C)O)cc2)cc1. The van der Waals surface area contributed by atoms with Crippen LogP contribution in [0.4, 0.5) is 10.5 Å². The number of anilines is 1. The summed E-state index contributed by atoms with van der Waals surface area (Å²) >= 11 is 0. The third-order valence-electron chi connectivity index (χ3n) is 3.26. The Labute approximate surface area is 129 Å². The summed E-state index contributed by atoms with van der Waals surface area (Å²) in [5.41, 5.74) is 2.52. The maximum Gasteiger partial charge on any atom is 0.319 e. The molecule has 0 bridgehead atoms. The minimum Gasteiger partial charge on any atom is -0.497 e. The van der Waals surface area contributed by atoms with Crippen LogP contribution in [0.2, 0.25) is 0 Å². The summed E-state index contributed by atoms with van der Waals surface area (Å²) in [5.74, 6) is 0.740. The van der Waals surface area contributed by atoms with Gasteiger partial charge in [0.05, 0.1) is 13.2 Å². The van der Waals surface area contributed by atoms with Crippen molar-refractivity contribution in [1.82, 2.24) is 5.32 Å². The lowest BCUT2D eigenvalue weighted by Crippen LogP contribution is -2.28. The Morgan fingerprint density at radius 3 is 2.32 bits per heavy atom. The molecule has 0 fully saturated rings. The molecule has 116 valence electrons. The van der Waals surface area contributed by atoms with Gasteiger partial charge in [0.2, 0.25) is 0 Å².